The minimum absolute atomic E-state index is 0.227. The molecule has 0 spiro atoms. The molecule has 4 N–H and O–H groups in total. The van der Waals surface area contributed by atoms with E-state index in [-0.39, 0.29) is 6.04 Å². The van der Waals surface area contributed by atoms with Crippen molar-refractivity contribution in [3.63, 3.8) is 0 Å². The Morgan fingerprint density at radius 1 is 1.17 bits per heavy atom. The van der Waals surface area contributed by atoms with E-state index in [0.717, 1.165) is 16.7 Å². The highest BCUT2D eigenvalue weighted by Crippen LogP contribution is 2.27. The number of aryl methyl sites for hydroxylation is 1. The van der Waals surface area contributed by atoms with Crippen molar-refractivity contribution in [2.75, 3.05) is 12.0 Å². The summed E-state index contributed by atoms with van der Waals surface area (Å²) in [7, 11) is 0. The number of hydrogen-bond donors (Lipinski definition) is 2. The van der Waals surface area contributed by atoms with Gasteiger partial charge in [-0.25, -0.2) is 4.98 Å². The predicted molar refractivity (Wildman–Crippen MR) is 77.6 cm³/mol. The van der Waals surface area contributed by atoms with Crippen LogP contribution in [0, 0.1) is 6.92 Å². The number of pyridine rings is 1. The zero-order valence-electron chi connectivity index (χ0n) is 10.6. The molecule has 0 aliphatic rings. The van der Waals surface area contributed by atoms with Crippen LogP contribution in [0.3, 0.4) is 0 Å². The van der Waals surface area contributed by atoms with Gasteiger partial charge in [-0.1, -0.05) is 12.1 Å². The van der Waals surface area contributed by atoms with E-state index in [1.165, 1.54) is 4.90 Å². The van der Waals surface area contributed by atoms with E-state index < -0.39 is 0 Å². The van der Waals surface area contributed by atoms with Crippen LogP contribution in [-0.4, -0.2) is 11.2 Å². The summed E-state index contributed by atoms with van der Waals surface area (Å²) in [5.41, 5.74) is 15.2. The van der Waals surface area contributed by atoms with Crippen molar-refractivity contribution in [3.8, 4) is 0 Å². The van der Waals surface area contributed by atoms with Gasteiger partial charge >= 0.3 is 0 Å². The molecule has 4 heteroatoms. The maximum Gasteiger partial charge on any atom is 0.128 e. The number of nitrogens with two attached hydrogens (primary N) is 2. The average Bonchev–Trinajstić information content (AvgIpc) is 2.38. The van der Waals surface area contributed by atoms with Gasteiger partial charge in [0.2, 0.25) is 0 Å². The highest BCUT2D eigenvalue weighted by atomic mass is 32.2. The van der Waals surface area contributed by atoms with Crippen LogP contribution in [0.15, 0.2) is 41.4 Å². The highest BCUT2D eigenvalue weighted by molar-refractivity contribution is 7.98. The topological polar surface area (TPSA) is 64.9 Å². The Morgan fingerprint density at radius 2 is 1.83 bits per heavy atom. The van der Waals surface area contributed by atoms with Gasteiger partial charge in [-0.2, -0.15) is 0 Å². The molecule has 0 radical (unpaired) electrons. The fourth-order valence-electron chi connectivity index (χ4n) is 1.97. The average molecular weight is 259 g/mol. The number of nitrogens with zero attached hydrogens (tertiary/aromatic N) is 1. The van der Waals surface area contributed by atoms with Crippen molar-refractivity contribution in [1.29, 1.82) is 0 Å². The van der Waals surface area contributed by atoms with Crippen molar-refractivity contribution in [1.82, 2.24) is 4.98 Å². The molecule has 0 aliphatic carbocycles. The Balaban J connectivity index is 2.38. The molecule has 1 unspecified atom stereocenters. The quantitative estimate of drug-likeness (QED) is 0.832. The van der Waals surface area contributed by atoms with Gasteiger partial charge in [0.25, 0.3) is 0 Å². The van der Waals surface area contributed by atoms with Crippen LogP contribution in [0.2, 0.25) is 0 Å². The van der Waals surface area contributed by atoms with Crippen LogP contribution >= 0.6 is 11.8 Å². The highest BCUT2D eigenvalue weighted by Gasteiger charge is 2.15. The third-order valence-corrected chi connectivity index (χ3v) is 3.77. The molecule has 1 aromatic carbocycles. The number of rotatable bonds is 3. The predicted octanol–water partition coefficient (Wildman–Crippen LogP) is 2.74. The Hall–Kier alpha value is -1.52. The van der Waals surface area contributed by atoms with Crippen LogP contribution in [0.1, 0.15) is 22.7 Å². The lowest BCUT2D eigenvalue weighted by Crippen LogP contribution is -2.16. The first-order chi connectivity index (χ1) is 8.63. The summed E-state index contributed by atoms with van der Waals surface area (Å²) < 4.78 is 0. The van der Waals surface area contributed by atoms with Crippen LogP contribution < -0.4 is 11.5 Å². The van der Waals surface area contributed by atoms with Crippen LogP contribution in [0.4, 0.5) is 5.82 Å². The van der Waals surface area contributed by atoms with Gasteiger partial charge in [0.15, 0.2) is 0 Å². The van der Waals surface area contributed by atoms with E-state index in [2.05, 4.69) is 23.4 Å². The molecule has 1 heterocycles. The lowest BCUT2D eigenvalue weighted by atomic mass is 9.96. The fourth-order valence-corrected chi connectivity index (χ4v) is 2.38. The molecule has 1 atom stereocenters. The summed E-state index contributed by atoms with van der Waals surface area (Å²) in [5, 5.41) is 0. The lowest BCUT2D eigenvalue weighted by molar-refractivity contribution is 0.856. The van der Waals surface area contributed by atoms with Crippen molar-refractivity contribution in [2.24, 2.45) is 5.73 Å². The van der Waals surface area contributed by atoms with E-state index in [9.17, 15) is 0 Å². The van der Waals surface area contributed by atoms with Gasteiger partial charge in [-0.3, -0.25) is 0 Å². The Kier molecular flexibility index (Phi) is 3.89. The molecular formula is C14H17N3S. The molecule has 0 saturated heterocycles. The summed E-state index contributed by atoms with van der Waals surface area (Å²) >= 11 is 1.71. The summed E-state index contributed by atoms with van der Waals surface area (Å²) in [5.74, 6) is 0.511. The van der Waals surface area contributed by atoms with E-state index in [0.29, 0.717) is 5.82 Å². The van der Waals surface area contributed by atoms with E-state index in [4.69, 9.17) is 11.5 Å². The van der Waals surface area contributed by atoms with Crippen LogP contribution in [-0.2, 0) is 0 Å². The number of nitrogen functional groups attached to an aromatic ring is 1. The largest absolute Gasteiger partial charge is 0.383 e. The summed E-state index contributed by atoms with van der Waals surface area (Å²) in [6.45, 7) is 2.00. The number of benzene rings is 1. The third-order valence-electron chi connectivity index (χ3n) is 3.02. The second-order valence-electron chi connectivity index (χ2n) is 4.18. The first-order valence-corrected chi connectivity index (χ1v) is 6.96. The Labute approximate surface area is 112 Å². The van der Waals surface area contributed by atoms with Gasteiger partial charge in [-0.05, 0) is 42.5 Å². The molecule has 1 aromatic heterocycles. The molecule has 0 saturated carbocycles. The maximum absolute atomic E-state index is 6.28. The molecule has 2 rings (SSSR count). The number of anilines is 1. The molecule has 2 aromatic rings. The molecule has 0 bridgehead atoms. The first kappa shape index (κ1) is 12.9. The monoisotopic (exact) mass is 259 g/mol. The molecule has 94 valence electrons. The van der Waals surface area contributed by atoms with Crippen molar-refractivity contribution >= 4 is 17.6 Å². The molecular weight excluding hydrogens is 242 g/mol. The van der Waals surface area contributed by atoms with E-state index in [1.54, 1.807) is 18.0 Å². The van der Waals surface area contributed by atoms with E-state index >= 15 is 0 Å². The van der Waals surface area contributed by atoms with Gasteiger partial charge in [0, 0.05) is 16.7 Å². The Morgan fingerprint density at radius 3 is 2.39 bits per heavy atom. The summed E-state index contributed by atoms with van der Waals surface area (Å²) in [6, 6.07) is 9.94. The van der Waals surface area contributed by atoms with Gasteiger partial charge in [0.1, 0.15) is 5.82 Å². The summed E-state index contributed by atoms with van der Waals surface area (Å²) in [4.78, 5) is 5.34. The van der Waals surface area contributed by atoms with E-state index in [1.807, 2.05) is 25.1 Å². The fraction of sp³-hybridized carbons (Fsp3) is 0.214. The zero-order valence-corrected chi connectivity index (χ0v) is 11.4. The molecule has 18 heavy (non-hydrogen) atoms. The van der Waals surface area contributed by atoms with Gasteiger partial charge in [0.05, 0.1) is 6.04 Å². The van der Waals surface area contributed by atoms with Crippen molar-refractivity contribution in [2.45, 2.75) is 17.9 Å². The van der Waals surface area contributed by atoms with Crippen molar-refractivity contribution < 1.29 is 0 Å². The molecule has 0 aliphatic heterocycles. The Bertz CT molecular complexity index is 517. The number of thioether (sulfide) groups is 1. The van der Waals surface area contributed by atoms with Crippen molar-refractivity contribution in [3.05, 3.63) is 53.2 Å². The van der Waals surface area contributed by atoms with Crippen LogP contribution in [0.5, 0.6) is 0 Å². The summed E-state index contributed by atoms with van der Waals surface area (Å²) in [6.07, 6.45) is 3.76. The third kappa shape index (κ3) is 2.49. The van der Waals surface area contributed by atoms with Gasteiger partial charge < -0.3 is 11.5 Å². The minimum Gasteiger partial charge on any atom is -0.383 e. The standard InChI is InChI=1S/C14H17N3S/c1-9-7-8-17-14(16)12(9)13(15)10-3-5-11(18-2)6-4-10/h3-8,13H,15H2,1-2H3,(H2,16,17). The molecule has 0 amide bonds. The van der Waals surface area contributed by atoms with Crippen LogP contribution in [0.25, 0.3) is 0 Å². The zero-order chi connectivity index (χ0) is 13.1. The van der Waals surface area contributed by atoms with Gasteiger partial charge in [-0.15, -0.1) is 11.8 Å². The smallest absolute Gasteiger partial charge is 0.128 e. The molecule has 0 fully saturated rings. The normalized spacial score (nSPS) is 12.4. The SMILES string of the molecule is CSc1ccc(C(N)c2c(C)ccnc2N)cc1. The second-order valence-corrected chi connectivity index (χ2v) is 5.06. The maximum atomic E-state index is 6.28. The molecule has 3 nitrogen and oxygen atoms in total. The number of aromatic nitrogens is 1. The first-order valence-electron chi connectivity index (χ1n) is 5.74. The number of hydrogen-bond acceptors (Lipinski definition) is 4. The second kappa shape index (κ2) is 5.42. The lowest BCUT2D eigenvalue weighted by Gasteiger charge is -2.17. The minimum atomic E-state index is -0.227.